The molecule has 7 heteroatoms. The quantitative estimate of drug-likeness (QED) is 0.835. The summed E-state index contributed by atoms with van der Waals surface area (Å²) in [6, 6.07) is 2.19. The van der Waals surface area contributed by atoms with Gasteiger partial charge in [0.25, 0.3) is 0 Å². The summed E-state index contributed by atoms with van der Waals surface area (Å²) in [6.07, 6.45) is -4.59. The van der Waals surface area contributed by atoms with Crippen molar-refractivity contribution in [3.63, 3.8) is 0 Å². The monoisotopic (exact) mass is 287 g/mol. The number of benzene rings is 1. The second kappa shape index (κ2) is 4.55. The topological polar surface area (TPSA) is 35.2 Å². The molecule has 0 aliphatic heterocycles. The molecule has 0 radical (unpaired) electrons. The lowest BCUT2D eigenvalue weighted by Gasteiger charge is -2.31. The lowest BCUT2D eigenvalue weighted by Crippen LogP contribution is -2.41. The fraction of sp³-hybridized carbons (Fsp3) is 0.400. The number of hydrogen-bond donors (Lipinski definition) is 1. The van der Waals surface area contributed by atoms with E-state index in [9.17, 15) is 13.2 Å². The Morgan fingerprint density at radius 2 is 1.59 bits per heavy atom. The van der Waals surface area contributed by atoms with Crippen molar-refractivity contribution >= 4 is 28.9 Å². The highest BCUT2D eigenvalue weighted by atomic mass is 35.5. The standard InChI is InChI=1S/C10H10Cl2F3NO/c1-9(17-2,10(13,14)15)5-3-6(11)8(16)7(12)4-5/h3-4H,16H2,1-2H3. The summed E-state index contributed by atoms with van der Waals surface area (Å²) in [5.74, 6) is 0. The minimum Gasteiger partial charge on any atom is -0.396 e. The number of nitrogens with two attached hydrogens (primary N) is 1. The van der Waals surface area contributed by atoms with Crippen LogP contribution in [0.15, 0.2) is 12.1 Å². The van der Waals surface area contributed by atoms with Crippen molar-refractivity contribution in [3.8, 4) is 0 Å². The van der Waals surface area contributed by atoms with Gasteiger partial charge in [0.1, 0.15) is 0 Å². The normalized spacial score (nSPS) is 15.7. The number of methoxy groups -OCH3 is 1. The van der Waals surface area contributed by atoms with Crippen LogP contribution in [0.5, 0.6) is 0 Å². The first-order chi connectivity index (χ1) is 7.63. The molecule has 0 spiro atoms. The lowest BCUT2D eigenvalue weighted by molar-refractivity contribution is -0.269. The van der Waals surface area contributed by atoms with Crippen molar-refractivity contribution in [2.75, 3.05) is 12.8 Å². The van der Waals surface area contributed by atoms with Gasteiger partial charge in [0.2, 0.25) is 0 Å². The summed E-state index contributed by atoms with van der Waals surface area (Å²) in [6.45, 7) is 0.894. The summed E-state index contributed by atoms with van der Waals surface area (Å²) in [5.41, 5.74) is 2.82. The SMILES string of the molecule is COC(C)(c1cc(Cl)c(N)c(Cl)c1)C(F)(F)F. The summed E-state index contributed by atoms with van der Waals surface area (Å²) in [5, 5.41) is -0.0833. The van der Waals surface area contributed by atoms with Gasteiger partial charge in [-0.25, -0.2) is 0 Å². The molecule has 0 saturated carbocycles. The zero-order chi connectivity index (χ0) is 13.4. The lowest BCUT2D eigenvalue weighted by atomic mass is 9.95. The smallest absolute Gasteiger partial charge is 0.396 e. The van der Waals surface area contributed by atoms with Gasteiger partial charge in [0.05, 0.1) is 15.7 Å². The Morgan fingerprint density at radius 3 is 1.88 bits per heavy atom. The van der Waals surface area contributed by atoms with Gasteiger partial charge in [-0.15, -0.1) is 0 Å². The summed E-state index contributed by atoms with van der Waals surface area (Å²) >= 11 is 11.4. The molecular weight excluding hydrogens is 278 g/mol. The molecule has 96 valence electrons. The van der Waals surface area contributed by atoms with E-state index in [2.05, 4.69) is 4.74 Å². The summed E-state index contributed by atoms with van der Waals surface area (Å²) < 4.78 is 43.3. The van der Waals surface area contributed by atoms with Gasteiger partial charge in [-0.3, -0.25) is 0 Å². The predicted molar refractivity (Wildman–Crippen MR) is 61.3 cm³/mol. The number of hydrogen-bond acceptors (Lipinski definition) is 2. The third-order valence-corrected chi connectivity index (χ3v) is 3.20. The fourth-order valence-corrected chi connectivity index (χ4v) is 1.74. The van der Waals surface area contributed by atoms with E-state index in [-0.39, 0.29) is 21.3 Å². The van der Waals surface area contributed by atoms with Crippen LogP contribution in [0.2, 0.25) is 10.0 Å². The Balaban J connectivity index is 3.42. The van der Waals surface area contributed by atoms with E-state index < -0.39 is 11.8 Å². The number of anilines is 1. The third-order valence-electron chi connectivity index (χ3n) is 2.58. The van der Waals surface area contributed by atoms with Gasteiger partial charge in [-0.1, -0.05) is 23.2 Å². The zero-order valence-electron chi connectivity index (χ0n) is 9.03. The molecule has 1 unspecified atom stereocenters. The molecule has 0 aliphatic carbocycles. The second-order valence-electron chi connectivity index (χ2n) is 3.59. The van der Waals surface area contributed by atoms with E-state index >= 15 is 0 Å². The summed E-state index contributed by atoms with van der Waals surface area (Å²) in [7, 11) is 0.964. The van der Waals surface area contributed by atoms with Gasteiger partial charge in [-0.2, -0.15) is 13.2 Å². The Kier molecular flexibility index (Phi) is 3.86. The van der Waals surface area contributed by atoms with Crippen LogP contribution in [0.3, 0.4) is 0 Å². The molecule has 1 atom stereocenters. The maximum Gasteiger partial charge on any atom is 0.421 e. The zero-order valence-corrected chi connectivity index (χ0v) is 10.5. The van der Waals surface area contributed by atoms with Crippen molar-refractivity contribution < 1.29 is 17.9 Å². The van der Waals surface area contributed by atoms with Crippen molar-refractivity contribution in [3.05, 3.63) is 27.7 Å². The molecule has 0 aromatic heterocycles. The van der Waals surface area contributed by atoms with Crippen LogP contribution in [0.4, 0.5) is 18.9 Å². The van der Waals surface area contributed by atoms with Gasteiger partial charge in [0, 0.05) is 7.11 Å². The number of alkyl halides is 3. The maximum absolute atomic E-state index is 12.9. The van der Waals surface area contributed by atoms with Crippen LogP contribution >= 0.6 is 23.2 Å². The van der Waals surface area contributed by atoms with Crippen LogP contribution in [0.1, 0.15) is 12.5 Å². The second-order valence-corrected chi connectivity index (χ2v) is 4.40. The van der Waals surface area contributed by atoms with Crippen LogP contribution in [-0.2, 0) is 10.3 Å². The first-order valence-electron chi connectivity index (χ1n) is 4.50. The molecule has 0 amide bonds. The number of ether oxygens (including phenoxy) is 1. The van der Waals surface area contributed by atoms with Crippen molar-refractivity contribution in [1.82, 2.24) is 0 Å². The molecule has 0 saturated heterocycles. The Hall–Kier alpha value is -0.650. The maximum atomic E-state index is 12.9. The number of nitrogen functional groups attached to an aromatic ring is 1. The first-order valence-corrected chi connectivity index (χ1v) is 5.26. The Labute approximate surface area is 106 Å². The van der Waals surface area contributed by atoms with Gasteiger partial charge in [-0.05, 0) is 24.6 Å². The first kappa shape index (κ1) is 14.4. The molecule has 1 rings (SSSR count). The van der Waals surface area contributed by atoms with Gasteiger partial charge >= 0.3 is 6.18 Å². The average molecular weight is 288 g/mol. The van der Waals surface area contributed by atoms with Crippen LogP contribution in [0, 0.1) is 0 Å². The molecule has 2 N–H and O–H groups in total. The highest BCUT2D eigenvalue weighted by molar-refractivity contribution is 6.38. The van der Waals surface area contributed by atoms with Crippen molar-refractivity contribution in [2.45, 2.75) is 18.7 Å². The van der Waals surface area contributed by atoms with Gasteiger partial charge in [0.15, 0.2) is 5.60 Å². The Bertz CT molecular complexity index is 413. The van der Waals surface area contributed by atoms with Gasteiger partial charge < -0.3 is 10.5 Å². The van der Waals surface area contributed by atoms with Crippen molar-refractivity contribution in [1.29, 1.82) is 0 Å². The summed E-state index contributed by atoms with van der Waals surface area (Å²) in [4.78, 5) is 0. The Morgan fingerprint density at radius 1 is 1.18 bits per heavy atom. The van der Waals surface area contributed by atoms with Crippen LogP contribution in [-0.4, -0.2) is 13.3 Å². The predicted octanol–water partition coefficient (Wildman–Crippen LogP) is 4.00. The van der Waals surface area contributed by atoms with E-state index in [0.29, 0.717) is 0 Å². The van der Waals surface area contributed by atoms with Crippen LogP contribution in [0.25, 0.3) is 0 Å². The molecule has 1 aromatic carbocycles. The van der Waals surface area contributed by atoms with E-state index in [1.807, 2.05) is 0 Å². The average Bonchev–Trinajstić information content (AvgIpc) is 2.22. The molecule has 17 heavy (non-hydrogen) atoms. The molecular formula is C10H10Cl2F3NO. The molecule has 0 fully saturated rings. The van der Waals surface area contributed by atoms with E-state index in [1.165, 1.54) is 0 Å². The van der Waals surface area contributed by atoms with E-state index in [4.69, 9.17) is 28.9 Å². The molecule has 0 bridgehead atoms. The van der Waals surface area contributed by atoms with E-state index in [0.717, 1.165) is 26.2 Å². The third kappa shape index (κ3) is 2.46. The van der Waals surface area contributed by atoms with E-state index in [1.54, 1.807) is 0 Å². The highest BCUT2D eigenvalue weighted by Gasteiger charge is 2.53. The number of halogens is 5. The number of rotatable bonds is 2. The molecule has 1 aromatic rings. The highest BCUT2D eigenvalue weighted by Crippen LogP contribution is 2.44. The largest absolute Gasteiger partial charge is 0.421 e. The molecule has 0 aliphatic rings. The molecule has 0 heterocycles. The van der Waals surface area contributed by atoms with Crippen LogP contribution < -0.4 is 5.73 Å². The minimum absolute atomic E-state index is 0.0395. The molecule has 2 nitrogen and oxygen atoms in total. The fourth-order valence-electron chi connectivity index (χ4n) is 1.26. The van der Waals surface area contributed by atoms with Crippen molar-refractivity contribution in [2.24, 2.45) is 0 Å². The minimum atomic E-state index is -4.59.